The van der Waals surface area contributed by atoms with Crippen molar-refractivity contribution >= 4 is 28.2 Å². The molecule has 0 saturated carbocycles. The summed E-state index contributed by atoms with van der Waals surface area (Å²) in [4.78, 5) is 23.7. The van der Waals surface area contributed by atoms with E-state index in [1.54, 1.807) is 6.07 Å². The first-order chi connectivity index (χ1) is 9.08. The second kappa shape index (κ2) is 7.91. The lowest BCUT2D eigenvalue weighted by molar-refractivity contribution is -0.116. The summed E-state index contributed by atoms with van der Waals surface area (Å²) in [6, 6.07) is 1.61. The Morgan fingerprint density at radius 1 is 1.42 bits per heavy atom. The van der Waals surface area contributed by atoms with E-state index in [1.165, 1.54) is 11.3 Å². The molecule has 0 saturated heterocycles. The van der Waals surface area contributed by atoms with Gasteiger partial charge >= 0.3 is 5.97 Å². The zero-order valence-corrected chi connectivity index (χ0v) is 12.0. The third-order valence-electron chi connectivity index (χ3n) is 2.51. The van der Waals surface area contributed by atoms with E-state index >= 15 is 0 Å². The number of aromatic carboxylic acids is 1. The van der Waals surface area contributed by atoms with E-state index in [1.807, 2.05) is 13.8 Å². The molecule has 0 aliphatic rings. The number of rotatable bonds is 8. The third-order valence-corrected chi connectivity index (χ3v) is 3.71. The largest absolute Gasteiger partial charge is 0.478 e. The van der Waals surface area contributed by atoms with Gasteiger partial charge in [-0.05, 0) is 25.8 Å². The van der Waals surface area contributed by atoms with E-state index < -0.39 is 5.97 Å². The molecule has 2 N–H and O–H groups in total. The zero-order valence-electron chi connectivity index (χ0n) is 11.2. The summed E-state index contributed by atoms with van der Waals surface area (Å²) >= 11 is 1.32. The predicted molar refractivity (Wildman–Crippen MR) is 75.0 cm³/mol. The maximum absolute atomic E-state index is 11.7. The number of carbonyl (C=O) groups excluding carboxylic acids is 1. The molecule has 6 heteroatoms. The summed E-state index contributed by atoms with van der Waals surface area (Å²) < 4.78 is 5.15. The molecule has 0 fully saturated rings. The number of anilines is 1. The van der Waals surface area contributed by atoms with Gasteiger partial charge in [0.25, 0.3) is 0 Å². The van der Waals surface area contributed by atoms with Crippen LogP contribution >= 0.6 is 11.3 Å². The van der Waals surface area contributed by atoms with Gasteiger partial charge in [-0.2, -0.15) is 0 Å². The van der Waals surface area contributed by atoms with E-state index in [0.717, 1.165) is 11.3 Å². The molecule has 0 bridgehead atoms. The predicted octanol–water partition coefficient (Wildman–Crippen LogP) is 2.76. The molecule has 1 aromatic rings. The molecule has 0 aromatic carbocycles. The summed E-state index contributed by atoms with van der Waals surface area (Å²) in [6.07, 6.45) is 1.72. The Morgan fingerprint density at radius 2 is 2.16 bits per heavy atom. The van der Waals surface area contributed by atoms with Crippen molar-refractivity contribution in [1.82, 2.24) is 0 Å². The molecular weight excluding hydrogens is 266 g/mol. The van der Waals surface area contributed by atoms with Crippen molar-refractivity contribution in [2.45, 2.75) is 33.1 Å². The van der Waals surface area contributed by atoms with Crippen LogP contribution in [0, 0.1) is 0 Å². The molecule has 1 rings (SSSR count). The van der Waals surface area contributed by atoms with Crippen LogP contribution in [-0.2, 0) is 16.0 Å². The van der Waals surface area contributed by atoms with Gasteiger partial charge in [0.05, 0.1) is 5.56 Å². The van der Waals surface area contributed by atoms with Crippen LogP contribution in [0.5, 0.6) is 0 Å². The Bertz CT molecular complexity index is 442. The Hall–Kier alpha value is -1.40. The van der Waals surface area contributed by atoms with Crippen molar-refractivity contribution in [2.75, 3.05) is 18.5 Å². The number of amides is 1. The highest BCUT2D eigenvalue weighted by Gasteiger charge is 2.16. The van der Waals surface area contributed by atoms with Crippen LogP contribution < -0.4 is 5.32 Å². The van der Waals surface area contributed by atoms with E-state index in [2.05, 4.69) is 5.32 Å². The van der Waals surface area contributed by atoms with Crippen molar-refractivity contribution in [1.29, 1.82) is 0 Å². The first-order valence-corrected chi connectivity index (χ1v) is 7.13. The Balaban J connectivity index is 2.58. The van der Waals surface area contributed by atoms with Gasteiger partial charge in [0.2, 0.25) is 5.91 Å². The fourth-order valence-electron chi connectivity index (χ4n) is 1.54. The molecule has 0 unspecified atom stereocenters. The number of aryl methyl sites for hydroxylation is 1. The Morgan fingerprint density at radius 3 is 2.74 bits per heavy atom. The fourth-order valence-corrected chi connectivity index (χ4v) is 2.54. The minimum Gasteiger partial charge on any atom is -0.478 e. The molecular formula is C13H19NO4S. The summed E-state index contributed by atoms with van der Waals surface area (Å²) in [5, 5.41) is 12.2. The Kier molecular flexibility index (Phi) is 6.52. The molecule has 19 heavy (non-hydrogen) atoms. The van der Waals surface area contributed by atoms with Crippen LogP contribution in [0.1, 0.15) is 41.9 Å². The normalized spacial score (nSPS) is 10.4. The topological polar surface area (TPSA) is 75.6 Å². The van der Waals surface area contributed by atoms with Crippen LogP contribution in [0.3, 0.4) is 0 Å². The standard InChI is InChI=1S/C13H19NO4S/c1-3-9-8-10(13(16)17)12(19-9)14-11(15)6-5-7-18-4-2/h8H,3-7H2,1-2H3,(H,14,15)(H,16,17). The Labute approximate surface area is 116 Å². The average Bonchev–Trinajstić information content (AvgIpc) is 2.78. The highest BCUT2D eigenvalue weighted by Crippen LogP contribution is 2.28. The van der Waals surface area contributed by atoms with Gasteiger partial charge in [0.15, 0.2) is 0 Å². The van der Waals surface area contributed by atoms with Crippen molar-refractivity contribution in [3.05, 3.63) is 16.5 Å². The van der Waals surface area contributed by atoms with Gasteiger partial charge in [-0.1, -0.05) is 6.92 Å². The van der Waals surface area contributed by atoms with Gasteiger partial charge in [-0.25, -0.2) is 4.79 Å². The number of hydrogen-bond acceptors (Lipinski definition) is 4. The summed E-state index contributed by atoms with van der Waals surface area (Å²) in [5.41, 5.74) is 0.167. The highest BCUT2D eigenvalue weighted by molar-refractivity contribution is 7.16. The van der Waals surface area contributed by atoms with Crippen LogP contribution in [0.2, 0.25) is 0 Å². The second-order valence-corrected chi connectivity index (χ2v) is 5.10. The van der Waals surface area contributed by atoms with Gasteiger partial charge < -0.3 is 15.2 Å². The van der Waals surface area contributed by atoms with Crippen LogP contribution in [0.15, 0.2) is 6.07 Å². The summed E-state index contributed by atoms with van der Waals surface area (Å²) in [7, 11) is 0. The molecule has 106 valence electrons. The second-order valence-electron chi connectivity index (χ2n) is 3.96. The molecule has 0 aliphatic heterocycles. The zero-order chi connectivity index (χ0) is 14.3. The monoisotopic (exact) mass is 285 g/mol. The van der Waals surface area contributed by atoms with E-state index in [0.29, 0.717) is 31.1 Å². The fraction of sp³-hybridized carbons (Fsp3) is 0.538. The number of carboxylic acid groups (broad SMARTS) is 1. The minimum absolute atomic E-state index is 0.167. The maximum Gasteiger partial charge on any atom is 0.338 e. The average molecular weight is 285 g/mol. The third kappa shape index (κ3) is 5.00. The summed E-state index contributed by atoms with van der Waals surface area (Å²) in [6.45, 7) is 5.03. The number of thiophene rings is 1. The quantitative estimate of drug-likeness (QED) is 0.720. The van der Waals surface area contributed by atoms with E-state index in [4.69, 9.17) is 9.84 Å². The SMILES string of the molecule is CCOCCCC(=O)Nc1sc(CC)cc1C(=O)O. The van der Waals surface area contributed by atoms with Crippen LogP contribution in [0.4, 0.5) is 5.00 Å². The molecule has 1 aromatic heterocycles. The lowest BCUT2D eigenvalue weighted by Gasteiger charge is -2.04. The van der Waals surface area contributed by atoms with Gasteiger partial charge in [0.1, 0.15) is 5.00 Å². The number of hydrogen-bond donors (Lipinski definition) is 2. The van der Waals surface area contributed by atoms with Crippen LogP contribution in [0.25, 0.3) is 0 Å². The molecule has 1 heterocycles. The number of ether oxygens (including phenoxy) is 1. The number of carbonyl (C=O) groups is 2. The first-order valence-electron chi connectivity index (χ1n) is 6.32. The molecule has 0 aliphatic carbocycles. The first kappa shape index (κ1) is 15.7. The maximum atomic E-state index is 11.7. The van der Waals surface area contributed by atoms with E-state index in [9.17, 15) is 9.59 Å². The lowest BCUT2D eigenvalue weighted by Crippen LogP contribution is -2.13. The van der Waals surface area contributed by atoms with Crippen molar-refractivity contribution in [3.8, 4) is 0 Å². The van der Waals surface area contributed by atoms with Crippen molar-refractivity contribution in [2.24, 2.45) is 0 Å². The van der Waals surface area contributed by atoms with Crippen molar-refractivity contribution < 1.29 is 19.4 Å². The molecule has 1 amide bonds. The molecule has 0 atom stereocenters. The smallest absolute Gasteiger partial charge is 0.338 e. The number of carboxylic acids is 1. The van der Waals surface area contributed by atoms with Gasteiger partial charge in [-0.3, -0.25) is 4.79 Å². The van der Waals surface area contributed by atoms with Gasteiger partial charge in [0, 0.05) is 24.5 Å². The van der Waals surface area contributed by atoms with Crippen molar-refractivity contribution in [3.63, 3.8) is 0 Å². The summed E-state index contributed by atoms with van der Waals surface area (Å²) in [5.74, 6) is -1.19. The highest BCUT2D eigenvalue weighted by atomic mass is 32.1. The van der Waals surface area contributed by atoms with Gasteiger partial charge in [-0.15, -0.1) is 11.3 Å². The molecule has 0 spiro atoms. The lowest BCUT2D eigenvalue weighted by atomic mass is 10.2. The molecule has 5 nitrogen and oxygen atoms in total. The van der Waals surface area contributed by atoms with Crippen LogP contribution in [-0.4, -0.2) is 30.2 Å². The minimum atomic E-state index is -1.01. The number of nitrogens with one attached hydrogen (secondary N) is 1. The van der Waals surface area contributed by atoms with E-state index in [-0.39, 0.29) is 11.5 Å². The molecule has 0 radical (unpaired) electrons.